The van der Waals surface area contributed by atoms with Gasteiger partial charge in [-0.25, -0.2) is 9.37 Å². The predicted octanol–water partition coefficient (Wildman–Crippen LogP) is 4.72. The molecular formula is C32H29FN8. The minimum atomic E-state index is -0.472. The summed E-state index contributed by atoms with van der Waals surface area (Å²) in [6, 6.07) is 14.0. The molecule has 6 aromatic rings. The first-order chi connectivity index (χ1) is 20.0. The molecule has 0 atom stereocenters. The minimum Gasteiger partial charge on any atom is -0.352 e. The van der Waals surface area contributed by atoms with Crippen LogP contribution in [0.4, 0.5) is 4.39 Å². The molecule has 1 aromatic carbocycles. The summed E-state index contributed by atoms with van der Waals surface area (Å²) in [6.07, 6.45) is 12.4. The van der Waals surface area contributed by atoms with Gasteiger partial charge in [-0.1, -0.05) is 43.0 Å². The second kappa shape index (κ2) is 11.1. The number of allylic oxidation sites excluding steroid dienone is 1. The van der Waals surface area contributed by atoms with Gasteiger partial charge in [-0.05, 0) is 37.1 Å². The molecule has 8 nitrogen and oxygen atoms in total. The number of fused-ring (bicyclic) bond motifs is 1. The minimum absolute atomic E-state index is 0.237. The third-order valence-corrected chi connectivity index (χ3v) is 6.98. The van der Waals surface area contributed by atoms with Gasteiger partial charge >= 0.3 is 0 Å². The molecule has 0 aliphatic heterocycles. The summed E-state index contributed by atoms with van der Waals surface area (Å²) in [5, 5.41) is 12.7. The monoisotopic (exact) mass is 544 g/mol. The van der Waals surface area contributed by atoms with E-state index < -0.39 is 5.83 Å². The van der Waals surface area contributed by atoms with E-state index in [-0.39, 0.29) is 5.57 Å². The van der Waals surface area contributed by atoms with E-state index in [2.05, 4.69) is 54.2 Å². The third-order valence-electron chi connectivity index (χ3n) is 6.98. The second-order valence-electron chi connectivity index (χ2n) is 9.84. The molecule has 0 saturated carbocycles. The van der Waals surface area contributed by atoms with Gasteiger partial charge in [-0.3, -0.25) is 15.1 Å². The molecule has 0 bridgehead atoms. The second-order valence-corrected chi connectivity index (χ2v) is 9.84. The van der Waals surface area contributed by atoms with Crippen LogP contribution in [0.2, 0.25) is 0 Å². The van der Waals surface area contributed by atoms with Gasteiger partial charge in [0.15, 0.2) is 0 Å². The van der Waals surface area contributed by atoms with E-state index in [1.54, 1.807) is 37.2 Å². The number of hydrogen-bond acceptors (Lipinski definition) is 5. The Balaban J connectivity index is 1.35. The normalized spacial score (nSPS) is 12.7. The topological polar surface area (TPSA) is 100 Å². The average Bonchev–Trinajstić information content (AvgIpc) is 3.74. The standard InChI is InChI=1S/C32H29FN8/c1-4-26-30(31(33)21(3)24-10-23(14-35-15-24)13-34-12-22-8-6-5-7-9-22)32(40-39-26)27-11-25-28(38-27)16-36-17-29(25)41-18-20(2)37-19-41/h4-11,14-19,34,38-39H,3,12-13H2,1-2H3/b26-4+,31-30-. The van der Waals surface area contributed by atoms with Crippen LogP contribution in [0.25, 0.3) is 45.5 Å². The number of rotatable bonds is 8. The van der Waals surface area contributed by atoms with Crippen molar-refractivity contribution in [3.8, 4) is 17.1 Å². The quantitative estimate of drug-likeness (QED) is 0.257. The van der Waals surface area contributed by atoms with Crippen molar-refractivity contribution in [3.05, 3.63) is 119 Å². The first-order valence-corrected chi connectivity index (χ1v) is 13.3. The summed E-state index contributed by atoms with van der Waals surface area (Å²) in [6.45, 7) is 9.19. The van der Waals surface area contributed by atoms with Crippen molar-refractivity contribution in [2.45, 2.75) is 26.9 Å². The SMILES string of the molecule is C=C(/C(F)=c1/c(-c2cc3c(-n4cnc(C)c4)cncc3[nH]2)n[nH]/c1=C/C)c1cncc(CNCc2ccccc2)c1. The fraction of sp³-hybridized carbons (Fsp3) is 0.125. The Kier molecular flexibility index (Phi) is 7.09. The van der Waals surface area contributed by atoms with Crippen molar-refractivity contribution in [1.82, 2.24) is 40.0 Å². The Morgan fingerprint density at radius 1 is 1.05 bits per heavy atom. The number of aromatic nitrogens is 7. The average molecular weight is 545 g/mol. The Labute approximate surface area is 236 Å². The highest BCUT2D eigenvalue weighted by Crippen LogP contribution is 2.27. The molecule has 5 aromatic heterocycles. The fourth-order valence-electron chi connectivity index (χ4n) is 4.88. The number of nitrogens with one attached hydrogen (secondary N) is 3. The molecule has 0 aliphatic carbocycles. The van der Waals surface area contributed by atoms with E-state index in [0.717, 1.165) is 34.4 Å². The van der Waals surface area contributed by atoms with Crippen molar-refractivity contribution in [1.29, 1.82) is 0 Å². The third kappa shape index (κ3) is 5.22. The lowest BCUT2D eigenvalue weighted by Gasteiger charge is -2.08. The summed E-state index contributed by atoms with van der Waals surface area (Å²) in [4.78, 5) is 16.4. The zero-order valence-electron chi connectivity index (χ0n) is 22.8. The van der Waals surface area contributed by atoms with Gasteiger partial charge < -0.3 is 14.9 Å². The summed E-state index contributed by atoms with van der Waals surface area (Å²) in [5.74, 6) is -0.472. The molecule has 41 heavy (non-hydrogen) atoms. The van der Waals surface area contributed by atoms with Crippen LogP contribution < -0.4 is 15.9 Å². The van der Waals surface area contributed by atoms with Crippen LogP contribution >= 0.6 is 0 Å². The number of aromatic amines is 2. The summed E-state index contributed by atoms with van der Waals surface area (Å²) in [5.41, 5.74) is 6.65. The van der Waals surface area contributed by atoms with E-state index in [4.69, 9.17) is 0 Å². The Morgan fingerprint density at radius 2 is 1.85 bits per heavy atom. The Hall–Kier alpha value is -5.15. The van der Waals surface area contributed by atoms with Gasteiger partial charge in [0, 0.05) is 48.2 Å². The number of pyridine rings is 2. The van der Waals surface area contributed by atoms with Crippen LogP contribution in [0, 0.1) is 6.92 Å². The summed E-state index contributed by atoms with van der Waals surface area (Å²) >= 11 is 0. The predicted molar refractivity (Wildman–Crippen MR) is 160 cm³/mol. The zero-order valence-corrected chi connectivity index (χ0v) is 22.8. The molecule has 0 radical (unpaired) electrons. The van der Waals surface area contributed by atoms with E-state index >= 15 is 4.39 Å². The van der Waals surface area contributed by atoms with Crippen LogP contribution in [-0.2, 0) is 13.1 Å². The van der Waals surface area contributed by atoms with Gasteiger partial charge in [-0.15, -0.1) is 0 Å². The van der Waals surface area contributed by atoms with Gasteiger partial charge in [0.1, 0.15) is 11.5 Å². The molecule has 9 heteroatoms. The number of halogens is 1. The molecular weight excluding hydrogens is 515 g/mol. The lowest BCUT2D eigenvalue weighted by atomic mass is 10.0. The maximum atomic E-state index is 16.3. The zero-order chi connectivity index (χ0) is 28.3. The van der Waals surface area contributed by atoms with Crippen molar-refractivity contribution < 1.29 is 4.39 Å². The van der Waals surface area contributed by atoms with Gasteiger partial charge in [0.2, 0.25) is 0 Å². The molecule has 0 amide bonds. The highest BCUT2D eigenvalue weighted by molar-refractivity contribution is 5.95. The Morgan fingerprint density at radius 3 is 2.63 bits per heavy atom. The number of nitrogens with zero attached hydrogens (tertiary/aromatic N) is 5. The smallest absolute Gasteiger partial charge is 0.142 e. The van der Waals surface area contributed by atoms with Crippen molar-refractivity contribution in [2.75, 3.05) is 0 Å². The number of H-pyrrole nitrogens is 2. The highest BCUT2D eigenvalue weighted by Gasteiger charge is 2.17. The van der Waals surface area contributed by atoms with Crippen molar-refractivity contribution in [2.24, 2.45) is 0 Å². The maximum absolute atomic E-state index is 16.3. The largest absolute Gasteiger partial charge is 0.352 e. The van der Waals surface area contributed by atoms with Crippen LogP contribution in [0.15, 0.2) is 86.4 Å². The molecule has 0 spiro atoms. The van der Waals surface area contributed by atoms with Crippen LogP contribution in [-0.4, -0.2) is 34.7 Å². The first kappa shape index (κ1) is 26.1. The number of hydrogen-bond donors (Lipinski definition) is 3. The van der Waals surface area contributed by atoms with E-state index in [0.29, 0.717) is 34.1 Å². The van der Waals surface area contributed by atoms with Gasteiger partial charge in [0.25, 0.3) is 0 Å². The number of imidazole rings is 1. The van der Waals surface area contributed by atoms with Gasteiger partial charge in [0.05, 0.1) is 51.9 Å². The molecule has 0 unspecified atom stereocenters. The molecule has 0 aliphatic rings. The number of benzene rings is 1. The highest BCUT2D eigenvalue weighted by atomic mass is 19.1. The van der Waals surface area contributed by atoms with Crippen molar-refractivity contribution >= 4 is 28.4 Å². The van der Waals surface area contributed by atoms with Crippen LogP contribution in [0.1, 0.15) is 29.3 Å². The van der Waals surface area contributed by atoms with E-state index in [1.165, 1.54) is 5.56 Å². The molecule has 0 saturated heterocycles. The molecule has 0 fully saturated rings. The molecule has 3 N–H and O–H groups in total. The first-order valence-electron chi connectivity index (χ1n) is 13.3. The maximum Gasteiger partial charge on any atom is 0.142 e. The van der Waals surface area contributed by atoms with E-state index in [9.17, 15) is 0 Å². The molecule has 204 valence electrons. The summed E-state index contributed by atoms with van der Waals surface area (Å²) < 4.78 is 18.2. The lowest BCUT2D eigenvalue weighted by Crippen LogP contribution is -2.25. The lowest BCUT2D eigenvalue weighted by molar-refractivity contribution is 0.691. The Bertz CT molecular complexity index is 1980. The molecule has 6 rings (SSSR count). The molecule has 5 heterocycles. The number of aryl methyl sites for hydroxylation is 1. The van der Waals surface area contributed by atoms with Gasteiger partial charge in [-0.2, -0.15) is 5.10 Å². The summed E-state index contributed by atoms with van der Waals surface area (Å²) in [7, 11) is 0. The van der Waals surface area contributed by atoms with Crippen LogP contribution in [0.3, 0.4) is 0 Å². The van der Waals surface area contributed by atoms with Crippen LogP contribution in [0.5, 0.6) is 0 Å². The fourth-order valence-corrected chi connectivity index (χ4v) is 4.88. The van der Waals surface area contributed by atoms with Crippen molar-refractivity contribution in [3.63, 3.8) is 0 Å². The van der Waals surface area contributed by atoms with E-state index in [1.807, 2.05) is 54.9 Å².